The van der Waals surface area contributed by atoms with E-state index in [1.807, 2.05) is 68.6 Å². The monoisotopic (exact) mass is 388 g/mol. The van der Waals surface area contributed by atoms with E-state index in [4.69, 9.17) is 0 Å². The molecule has 0 saturated heterocycles. The van der Waals surface area contributed by atoms with Crippen molar-refractivity contribution in [3.8, 4) is 0 Å². The molecule has 1 N–H and O–H groups in total. The molecule has 0 atom stereocenters. The quantitative estimate of drug-likeness (QED) is 0.747. The maximum Gasteiger partial charge on any atom is 0.272 e. The third-order valence-corrected chi connectivity index (χ3v) is 5.34. The lowest BCUT2D eigenvalue weighted by Crippen LogP contribution is -2.37. The van der Waals surface area contributed by atoms with Crippen LogP contribution >= 0.6 is 0 Å². The molecule has 1 aromatic heterocycles. The van der Waals surface area contributed by atoms with Crippen LogP contribution in [0.1, 0.15) is 43.2 Å². The highest BCUT2D eigenvalue weighted by molar-refractivity contribution is 5.96. The molecule has 2 heterocycles. The number of carbonyl (C=O) groups excluding carboxylic acids is 2. The Hall–Kier alpha value is -3.41. The molecule has 6 nitrogen and oxygen atoms in total. The molecule has 2 aromatic carbocycles. The molecule has 29 heavy (non-hydrogen) atoms. The Kier molecular flexibility index (Phi) is 5.16. The normalized spacial score (nSPS) is 13.1. The second kappa shape index (κ2) is 7.91. The summed E-state index contributed by atoms with van der Waals surface area (Å²) in [5.74, 6) is -0.231. The second-order valence-electron chi connectivity index (χ2n) is 7.41. The van der Waals surface area contributed by atoms with Crippen LogP contribution in [0, 0.1) is 6.92 Å². The maximum absolute atomic E-state index is 12.9. The molecule has 2 amide bonds. The average molecular weight is 388 g/mol. The molecule has 0 bridgehead atoms. The van der Waals surface area contributed by atoms with Gasteiger partial charge in [0.2, 0.25) is 0 Å². The summed E-state index contributed by atoms with van der Waals surface area (Å²) in [6, 6.07) is 17.3. The van der Waals surface area contributed by atoms with Gasteiger partial charge < -0.3 is 10.2 Å². The number of aromatic nitrogens is 2. The predicted molar refractivity (Wildman–Crippen MR) is 110 cm³/mol. The van der Waals surface area contributed by atoms with Crippen molar-refractivity contribution >= 4 is 11.8 Å². The smallest absolute Gasteiger partial charge is 0.272 e. The van der Waals surface area contributed by atoms with Gasteiger partial charge in [0.1, 0.15) is 0 Å². The van der Waals surface area contributed by atoms with Gasteiger partial charge >= 0.3 is 0 Å². The van der Waals surface area contributed by atoms with E-state index in [1.54, 1.807) is 9.58 Å². The van der Waals surface area contributed by atoms with E-state index in [0.717, 1.165) is 22.4 Å². The predicted octanol–water partition coefficient (Wildman–Crippen LogP) is 2.86. The van der Waals surface area contributed by atoms with Crippen LogP contribution in [0.25, 0.3) is 0 Å². The minimum atomic E-state index is -0.213. The first-order valence-corrected chi connectivity index (χ1v) is 9.76. The SMILES string of the molecule is Cc1ccc(C(=O)N2CCc3c(c(C(=O)NCc4ccccc4)nn3C)C2)cc1. The van der Waals surface area contributed by atoms with E-state index in [1.165, 1.54) is 0 Å². The Labute approximate surface area is 170 Å². The van der Waals surface area contributed by atoms with Gasteiger partial charge in [-0.3, -0.25) is 14.3 Å². The summed E-state index contributed by atoms with van der Waals surface area (Å²) < 4.78 is 1.76. The number of nitrogens with one attached hydrogen (secondary N) is 1. The summed E-state index contributed by atoms with van der Waals surface area (Å²) >= 11 is 0. The van der Waals surface area contributed by atoms with Gasteiger partial charge in [-0.1, -0.05) is 48.0 Å². The minimum Gasteiger partial charge on any atom is -0.347 e. The molecule has 0 aliphatic carbocycles. The number of hydrogen-bond donors (Lipinski definition) is 1. The summed E-state index contributed by atoms with van der Waals surface area (Å²) in [7, 11) is 1.85. The summed E-state index contributed by atoms with van der Waals surface area (Å²) in [5.41, 5.74) is 5.07. The molecule has 1 aliphatic heterocycles. The number of carbonyl (C=O) groups is 2. The maximum atomic E-state index is 12.9. The Morgan fingerprint density at radius 3 is 2.52 bits per heavy atom. The Balaban J connectivity index is 1.52. The lowest BCUT2D eigenvalue weighted by Gasteiger charge is -2.27. The van der Waals surface area contributed by atoms with Crippen molar-refractivity contribution in [2.75, 3.05) is 6.54 Å². The zero-order valence-corrected chi connectivity index (χ0v) is 16.7. The van der Waals surface area contributed by atoms with Crippen molar-refractivity contribution in [2.24, 2.45) is 7.05 Å². The molecule has 6 heteroatoms. The summed E-state index contributed by atoms with van der Waals surface area (Å²) in [4.78, 5) is 27.5. The van der Waals surface area contributed by atoms with Crippen molar-refractivity contribution in [1.82, 2.24) is 20.0 Å². The molecule has 1 aliphatic rings. The van der Waals surface area contributed by atoms with Gasteiger partial charge in [0.15, 0.2) is 5.69 Å². The van der Waals surface area contributed by atoms with E-state index in [9.17, 15) is 9.59 Å². The van der Waals surface area contributed by atoms with E-state index in [2.05, 4.69) is 10.4 Å². The third-order valence-electron chi connectivity index (χ3n) is 5.34. The van der Waals surface area contributed by atoms with Crippen molar-refractivity contribution in [3.63, 3.8) is 0 Å². The number of fused-ring (bicyclic) bond motifs is 1. The Morgan fingerprint density at radius 1 is 1.07 bits per heavy atom. The fourth-order valence-electron chi connectivity index (χ4n) is 3.69. The molecular weight excluding hydrogens is 364 g/mol. The first-order chi connectivity index (χ1) is 14.0. The molecule has 148 valence electrons. The number of hydrogen-bond acceptors (Lipinski definition) is 3. The summed E-state index contributed by atoms with van der Waals surface area (Å²) in [6.45, 7) is 3.45. The zero-order valence-electron chi connectivity index (χ0n) is 16.7. The topological polar surface area (TPSA) is 67.2 Å². The lowest BCUT2D eigenvalue weighted by atomic mass is 10.0. The van der Waals surface area contributed by atoms with Crippen LogP contribution in [0.5, 0.6) is 0 Å². The van der Waals surface area contributed by atoms with E-state index in [-0.39, 0.29) is 11.8 Å². The number of aryl methyl sites for hydroxylation is 2. The highest BCUT2D eigenvalue weighted by Gasteiger charge is 2.29. The standard InChI is InChI=1S/C23H24N4O2/c1-16-8-10-18(11-9-16)23(29)27-13-12-20-19(15-27)21(25-26(20)2)22(28)24-14-17-6-4-3-5-7-17/h3-11H,12-15H2,1-2H3,(H,24,28). The average Bonchev–Trinajstić information content (AvgIpc) is 3.09. The second-order valence-corrected chi connectivity index (χ2v) is 7.41. The van der Waals surface area contributed by atoms with Crippen molar-refractivity contribution < 1.29 is 9.59 Å². The third kappa shape index (κ3) is 3.92. The van der Waals surface area contributed by atoms with Crippen LogP contribution in [-0.2, 0) is 26.6 Å². The number of rotatable bonds is 4. The highest BCUT2D eigenvalue weighted by Crippen LogP contribution is 2.24. The van der Waals surface area contributed by atoms with E-state index in [0.29, 0.717) is 37.3 Å². The van der Waals surface area contributed by atoms with Gasteiger partial charge in [-0.15, -0.1) is 0 Å². The van der Waals surface area contributed by atoms with Crippen LogP contribution in [0.3, 0.4) is 0 Å². The number of benzene rings is 2. The van der Waals surface area contributed by atoms with Crippen molar-refractivity contribution in [2.45, 2.75) is 26.4 Å². The fourth-order valence-corrected chi connectivity index (χ4v) is 3.69. The Bertz CT molecular complexity index is 1040. The van der Waals surface area contributed by atoms with Gasteiger partial charge in [0.25, 0.3) is 11.8 Å². The molecular formula is C23H24N4O2. The first-order valence-electron chi connectivity index (χ1n) is 9.76. The number of nitrogens with zero attached hydrogens (tertiary/aromatic N) is 3. The van der Waals surface area contributed by atoms with Crippen LogP contribution in [0.15, 0.2) is 54.6 Å². The highest BCUT2D eigenvalue weighted by atomic mass is 16.2. The van der Waals surface area contributed by atoms with Crippen LogP contribution in [0.4, 0.5) is 0 Å². The molecule has 4 rings (SSSR count). The number of amides is 2. The lowest BCUT2D eigenvalue weighted by molar-refractivity contribution is 0.0730. The molecule has 3 aromatic rings. The van der Waals surface area contributed by atoms with E-state index < -0.39 is 0 Å². The summed E-state index contributed by atoms with van der Waals surface area (Å²) in [5, 5.41) is 7.39. The van der Waals surface area contributed by atoms with Crippen molar-refractivity contribution in [3.05, 3.63) is 88.2 Å². The fraction of sp³-hybridized carbons (Fsp3) is 0.261. The van der Waals surface area contributed by atoms with Gasteiger partial charge in [-0.25, -0.2) is 0 Å². The molecule has 0 unspecified atom stereocenters. The molecule has 0 fully saturated rings. The van der Waals surface area contributed by atoms with Gasteiger partial charge in [0.05, 0.1) is 6.54 Å². The molecule has 0 radical (unpaired) electrons. The van der Waals surface area contributed by atoms with Gasteiger partial charge in [0, 0.05) is 43.4 Å². The van der Waals surface area contributed by atoms with Gasteiger partial charge in [-0.2, -0.15) is 5.10 Å². The first kappa shape index (κ1) is 18.9. The largest absolute Gasteiger partial charge is 0.347 e. The summed E-state index contributed by atoms with van der Waals surface area (Å²) in [6.07, 6.45) is 0.683. The molecule has 0 spiro atoms. The van der Waals surface area contributed by atoms with Crippen LogP contribution in [0.2, 0.25) is 0 Å². The van der Waals surface area contributed by atoms with Crippen molar-refractivity contribution in [1.29, 1.82) is 0 Å². The Morgan fingerprint density at radius 2 is 1.79 bits per heavy atom. The van der Waals surface area contributed by atoms with Gasteiger partial charge in [-0.05, 0) is 24.6 Å². The van der Waals surface area contributed by atoms with E-state index >= 15 is 0 Å². The molecule has 0 saturated carbocycles. The minimum absolute atomic E-state index is 0.0184. The zero-order chi connectivity index (χ0) is 20.4. The van der Waals surface area contributed by atoms with Crippen LogP contribution in [-0.4, -0.2) is 33.0 Å². The van der Waals surface area contributed by atoms with Crippen LogP contribution < -0.4 is 5.32 Å².